The van der Waals surface area contributed by atoms with Crippen molar-refractivity contribution in [2.45, 2.75) is 148 Å². The zero-order chi connectivity index (χ0) is 34.6. The summed E-state index contributed by atoms with van der Waals surface area (Å²) in [7, 11) is 0. The van der Waals surface area contributed by atoms with Gasteiger partial charge in [0, 0.05) is 34.7 Å². The SMILES string of the molecule is CC(C)(C)c1cc(C=N[C@@H]2CCCC[C@H]2N=Cc2cc(OC(=O)C3CCC=CCCC3)cc(C(C)(C)C)c2O)c(O)c(C(C)(C)C)c1. The Labute approximate surface area is 283 Å². The van der Waals surface area contributed by atoms with Crippen LogP contribution in [0.2, 0.25) is 0 Å². The molecular weight excluding hydrogens is 584 g/mol. The maximum absolute atomic E-state index is 13.2. The first-order valence-electron chi connectivity index (χ1n) is 17.6. The number of phenolic OH excluding ortho intramolecular Hbond substituents is 2. The van der Waals surface area contributed by atoms with Gasteiger partial charge in [-0.3, -0.25) is 14.8 Å². The number of esters is 1. The molecule has 2 aliphatic carbocycles. The van der Waals surface area contributed by atoms with Crippen LogP contribution in [0, 0.1) is 5.92 Å². The van der Waals surface area contributed by atoms with Crippen molar-refractivity contribution in [3.63, 3.8) is 0 Å². The van der Waals surface area contributed by atoms with Crippen LogP contribution in [0.1, 0.15) is 148 Å². The van der Waals surface area contributed by atoms with Gasteiger partial charge in [-0.15, -0.1) is 0 Å². The van der Waals surface area contributed by atoms with Gasteiger partial charge in [0.2, 0.25) is 0 Å². The highest BCUT2D eigenvalue weighted by atomic mass is 16.5. The number of allylic oxidation sites excluding steroid dienone is 2. The Kier molecular flexibility index (Phi) is 11.5. The third-order valence-corrected chi connectivity index (χ3v) is 9.56. The smallest absolute Gasteiger partial charge is 0.314 e. The van der Waals surface area contributed by atoms with Crippen LogP contribution in [0.3, 0.4) is 0 Å². The van der Waals surface area contributed by atoms with Crippen LogP contribution < -0.4 is 4.74 Å². The van der Waals surface area contributed by atoms with E-state index in [1.54, 1.807) is 18.3 Å². The number of carbonyl (C=O) groups is 1. The van der Waals surface area contributed by atoms with E-state index in [0.717, 1.165) is 74.5 Å². The predicted molar refractivity (Wildman–Crippen MR) is 195 cm³/mol. The number of nitrogens with zero attached hydrogens (tertiary/aromatic N) is 2. The van der Waals surface area contributed by atoms with Crippen LogP contribution >= 0.6 is 0 Å². The second-order valence-corrected chi connectivity index (χ2v) is 16.7. The average molecular weight is 643 g/mol. The molecule has 2 aromatic carbocycles. The third kappa shape index (κ3) is 9.58. The Hall–Kier alpha value is -3.41. The summed E-state index contributed by atoms with van der Waals surface area (Å²) in [5, 5.41) is 22.7. The molecule has 2 aliphatic rings. The van der Waals surface area contributed by atoms with Gasteiger partial charge in [-0.1, -0.05) is 93.4 Å². The molecule has 0 bridgehead atoms. The fourth-order valence-electron chi connectivity index (χ4n) is 6.50. The number of ether oxygens (including phenoxy) is 1. The molecule has 47 heavy (non-hydrogen) atoms. The normalized spacial score (nSPS) is 21.6. The summed E-state index contributed by atoms with van der Waals surface area (Å²) in [6, 6.07) is 7.60. The molecule has 3 atom stereocenters. The summed E-state index contributed by atoms with van der Waals surface area (Å²) in [6.45, 7) is 19.0. The lowest BCUT2D eigenvalue weighted by molar-refractivity contribution is -0.139. The van der Waals surface area contributed by atoms with E-state index in [1.807, 2.05) is 27.0 Å². The fourth-order valence-corrected chi connectivity index (χ4v) is 6.50. The van der Waals surface area contributed by atoms with Gasteiger partial charge in [-0.25, -0.2) is 0 Å². The molecule has 1 saturated carbocycles. The highest BCUT2D eigenvalue weighted by Crippen LogP contribution is 2.39. The van der Waals surface area contributed by atoms with Crippen molar-refractivity contribution < 1.29 is 19.7 Å². The van der Waals surface area contributed by atoms with Crippen LogP contribution in [-0.2, 0) is 21.0 Å². The number of hydrogen-bond donors (Lipinski definition) is 2. The van der Waals surface area contributed by atoms with E-state index < -0.39 is 0 Å². The third-order valence-electron chi connectivity index (χ3n) is 9.56. The molecular formula is C41H58N2O4. The van der Waals surface area contributed by atoms with Gasteiger partial charge in [0.25, 0.3) is 0 Å². The predicted octanol–water partition coefficient (Wildman–Crippen LogP) is 9.88. The van der Waals surface area contributed by atoms with E-state index in [-0.39, 0.29) is 51.7 Å². The minimum Gasteiger partial charge on any atom is -0.507 e. The minimum absolute atomic E-state index is 0.0469. The average Bonchev–Trinajstić information content (AvgIpc) is 2.95. The van der Waals surface area contributed by atoms with Crippen molar-refractivity contribution in [3.05, 3.63) is 64.2 Å². The van der Waals surface area contributed by atoms with Gasteiger partial charge in [-0.05, 0) is 85.0 Å². The Bertz CT molecular complexity index is 1500. The number of carbonyl (C=O) groups excluding carboxylic acids is 1. The van der Waals surface area contributed by atoms with Gasteiger partial charge < -0.3 is 14.9 Å². The van der Waals surface area contributed by atoms with Crippen LogP contribution in [0.15, 0.2) is 46.4 Å². The van der Waals surface area contributed by atoms with E-state index in [9.17, 15) is 15.0 Å². The Morgan fingerprint density at radius 2 is 1.21 bits per heavy atom. The lowest BCUT2D eigenvalue weighted by atomic mass is 9.79. The molecule has 1 fully saturated rings. The second kappa shape index (κ2) is 14.8. The van der Waals surface area contributed by atoms with E-state index in [2.05, 4.69) is 65.8 Å². The number of phenols is 2. The molecule has 0 heterocycles. The topological polar surface area (TPSA) is 91.5 Å². The van der Waals surface area contributed by atoms with E-state index in [0.29, 0.717) is 16.9 Å². The first kappa shape index (κ1) is 36.4. The van der Waals surface area contributed by atoms with E-state index in [4.69, 9.17) is 14.7 Å². The fraction of sp³-hybridized carbons (Fsp3) is 0.585. The zero-order valence-electron chi connectivity index (χ0n) is 30.3. The van der Waals surface area contributed by atoms with Crippen LogP contribution in [0.5, 0.6) is 17.2 Å². The Balaban J connectivity index is 1.63. The quantitative estimate of drug-likeness (QED) is 0.142. The molecule has 0 amide bonds. The van der Waals surface area contributed by atoms with Crippen molar-refractivity contribution in [1.82, 2.24) is 0 Å². The van der Waals surface area contributed by atoms with E-state index in [1.165, 1.54) is 0 Å². The number of rotatable bonds is 6. The minimum atomic E-state index is -0.368. The lowest BCUT2D eigenvalue weighted by Gasteiger charge is -2.28. The molecule has 6 heteroatoms. The summed E-state index contributed by atoms with van der Waals surface area (Å²) >= 11 is 0. The standard InChI is InChI=1S/C41H58N2O4/c1-39(2,3)30-21-28(36(44)32(23-30)40(4,5)6)25-42-34-19-15-16-20-35(34)43-26-29-22-31(24-33(37(29)45)41(7,8)9)47-38(46)27-17-13-11-10-12-14-18-27/h10-11,21-27,34-35,44-45H,12-20H2,1-9H3/t27?,34-,35-/m1/s1. The number of aliphatic imine (C=N–C) groups is 2. The molecule has 0 spiro atoms. The second-order valence-electron chi connectivity index (χ2n) is 16.7. The Morgan fingerprint density at radius 1 is 0.681 bits per heavy atom. The summed E-state index contributed by atoms with van der Waals surface area (Å²) < 4.78 is 5.98. The number of aromatic hydroxyl groups is 2. The van der Waals surface area contributed by atoms with Gasteiger partial charge in [0.1, 0.15) is 17.2 Å². The van der Waals surface area contributed by atoms with Gasteiger partial charge >= 0.3 is 5.97 Å². The first-order chi connectivity index (χ1) is 21.9. The summed E-state index contributed by atoms with van der Waals surface area (Å²) in [5.74, 6) is 0.550. The Morgan fingerprint density at radius 3 is 1.77 bits per heavy atom. The van der Waals surface area contributed by atoms with Crippen molar-refractivity contribution in [2.24, 2.45) is 15.9 Å². The number of benzene rings is 2. The van der Waals surface area contributed by atoms with Crippen molar-refractivity contribution in [2.75, 3.05) is 0 Å². The van der Waals surface area contributed by atoms with Gasteiger partial charge in [0.05, 0.1) is 18.0 Å². The van der Waals surface area contributed by atoms with Crippen LogP contribution in [0.4, 0.5) is 0 Å². The highest BCUT2D eigenvalue weighted by Gasteiger charge is 2.28. The van der Waals surface area contributed by atoms with Crippen LogP contribution in [0.25, 0.3) is 0 Å². The summed E-state index contributed by atoms with van der Waals surface area (Å²) in [6.07, 6.45) is 16.3. The molecule has 0 saturated heterocycles. The van der Waals surface area contributed by atoms with Gasteiger partial charge in [-0.2, -0.15) is 0 Å². The molecule has 6 nitrogen and oxygen atoms in total. The molecule has 1 unspecified atom stereocenters. The number of hydrogen-bond acceptors (Lipinski definition) is 6. The molecule has 256 valence electrons. The van der Waals surface area contributed by atoms with Crippen LogP contribution in [-0.4, -0.2) is 40.7 Å². The summed E-state index contributed by atoms with van der Waals surface area (Å²) in [4.78, 5) is 23.2. The molecule has 2 N–H and O–H groups in total. The van der Waals surface area contributed by atoms with Crippen molar-refractivity contribution in [3.8, 4) is 17.2 Å². The van der Waals surface area contributed by atoms with Gasteiger partial charge in [0.15, 0.2) is 0 Å². The maximum atomic E-state index is 13.2. The molecule has 4 rings (SSSR count). The molecule has 2 aromatic rings. The molecule has 0 radical (unpaired) electrons. The molecule has 0 aliphatic heterocycles. The monoisotopic (exact) mass is 642 g/mol. The van der Waals surface area contributed by atoms with Crippen molar-refractivity contribution >= 4 is 18.4 Å². The largest absolute Gasteiger partial charge is 0.507 e. The highest BCUT2D eigenvalue weighted by molar-refractivity contribution is 5.87. The molecule has 0 aromatic heterocycles. The zero-order valence-corrected chi connectivity index (χ0v) is 30.3. The maximum Gasteiger partial charge on any atom is 0.314 e. The van der Waals surface area contributed by atoms with E-state index >= 15 is 0 Å². The first-order valence-corrected chi connectivity index (χ1v) is 17.6. The summed E-state index contributed by atoms with van der Waals surface area (Å²) in [5.41, 5.74) is 3.42. The van der Waals surface area contributed by atoms with Crippen molar-refractivity contribution in [1.29, 1.82) is 0 Å². The lowest BCUT2D eigenvalue weighted by Crippen LogP contribution is -2.27.